The first kappa shape index (κ1) is 22.1. The van der Waals surface area contributed by atoms with Gasteiger partial charge in [-0.3, -0.25) is 4.79 Å². The van der Waals surface area contributed by atoms with Gasteiger partial charge in [0.25, 0.3) is 0 Å². The number of carbonyl (C=O) groups excluding carboxylic acids is 1. The standard InChI is InChI=1S/C26H37N3O2/c1-15(2)9-18-11-20(12-18)26-24(19-6-7-19)25(29-31-26)21(14-27)13-23(30)28-22-8-5-16(3)10-17(22)4/h5,8,10,15,18-21H,6-7,9,11-14,27H2,1-4H3,(H,28,30)/t18?,20?,21-/m1/s1. The zero-order valence-electron chi connectivity index (χ0n) is 19.4. The lowest BCUT2D eigenvalue weighted by molar-refractivity contribution is -0.116. The fourth-order valence-electron chi connectivity index (χ4n) is 5.17. The van der Waals surface area contributed by atoms with E-state index in [9.17, 15) is 4.79 Å². The highest BCUT2D eigenvalue weighted by Crippen LogP contribution is 2.52. The Bertz CT molecular complexity index is 923. The molecule has 4 rings (SSSR count). The summed E-state index contributed by atoms with van der Waals surface area (Å²) in [6.45, 7) is 9.06. The van der Waals surface area contributed by atoms with Crippen molar-refractivity contribution >= 4 is 11.6 Å². The molecule has 1 aromatic heterocycles. The van der Waals surface area contributed by atoms with Gasteiger partial charge in [-0.2, -0.15) is 0 Å². The molecule has 1 amide bonds. The molecular weight excluding hydrogens is 386 g/mol. The topological polar surface area (TPSA) is 81.2 Å². The molecular formula is C26H37N3O2. The smallest absolute Gasteiger partial charge is 0.225 e. The van der Waals surface area contributed by atoms with E-state index in [2.05, 4.69) is 37.3 Å². The fraction of sp³-hybridized carbons (Fsp3) is 0.615. The molecule has 0 radical (unpaired) electrons. The highest BCUT2D eigenvalue weighted by Gasteiger charge is 2.41. The Balaban J connectivity index is 1.46. The van der Waals surface area contributed by atoms with Crippen LogP contribution in [0.25, 0.3) is 0 Å². The average molecular weight is 424 g/mol. The number of nitrogens with zero attached hydrogens (tertiary/aromatic N) is 1. The van der Waals surface area contributed by atoms with Gasteiger partial charge in [0, 0.05) is 36.1 Å². The summed E-state index contributed by atoms with van der Waals surface area (Å²) in [4.78, 5) is 12.8. The molecule has 2 aromatic rings. The molecule has 5 heteroatoms. The Kier molecular flexibility index (Phi) is 6.52. The van der Waals surface area contributed by atoms with E-state index in [1.165, 1.54) is 43.2 Å². The van der Waals surface area contributed by atoms with Crippen LogP contribution < -0.4 is 11.1 Å². The zero-order valence-corrected chi connectivity index (χ0v) is 19.4. The number of amides is 1. The molecule has 2 saturated carbocycles. The molecule has 0 spiro atoms. The second-order valence-corrected chi connectivity index (χ2v) is 10.3. The predicted octanol–water partition coefficient (Wildman–Crippen LogP) is 5.78. The van der Waals surface area contributed by atoms with E-state index in [0.29, 0.717) is 24.8 Å². The van der Waals surface area contributed by atoms with Crippen molar-refractivity contribution in [1.29, 1.82) is 0 Å². The van der Waals surface area contributed by atoms with Crippen molar-refractivity contribution in [3.8, 4) is 0 Å². The third-order valence-corrected chi connectivity index (χ3v) is 6.94. The van der Waals surface area contributed by atoms with E-state index in [1.807, 2.05) is 19.1 Å². The molecule has 3 N–H and O–H groups in total. The van der Waals surface area contributed by atoms with Crippen molar-refractivity contribution in [3.05, 3.63) is 46.3 Å². The van der Waals surface area contributed by atoms with Gasteiger partial charge < -0.3 is 15.6 Å². The first-order chi connectivity index (χ1) is 14.9. The molecule has 1 heterocycles. The van der Waals surface area contributed by atoms with Crippen molar-refractivity contribution < 1.29 is 9.32 Å². The molecule has 1 atom stereocenters. The number of nitrogens with one attached hydrogen (secondary N) is 1. The van der Waals surface area contributed by atoms with E-state index in [1.54, 1.807) is 0 Å². The molecule has 2 aliphatic carbocycles. The minimum atomic E-state index is -0.106. The van der Waals surface area contributed by atoms with Crippen LogP contribution in [0.3, 0.4) is 0 Å². The second kappa shape index (κ2) is 9.15. The number of benzene rings is 1. The molecule has 0 saturated heterocycles. The molecule has 0 bridgehead atoms. The van der Waals surface area contributed by atoms with Gasteiger partial charge >= 0.3 is 0 Å². The molecule has 1 aromatic carbocycles. The van der Waals surface area contributed by atoms with Crippen LogP contribution in [0.2, 0.25) is 0 Å². The maximum atomic E-state index is 12.8. The number of aromatic nitrogens is 1. The van der Waals surface area contributed by atoms with Gasteiger partial charge in [0.15, 0.2) is 0 Å². The summed E-state index contributed by atoms with van der Waals surface area (Å²) in [6.07, 6.45) is 6.40. The number of rotatable bonds is 9. The van der Waals surface area contributed by atoms with Crippen molar-refractivity contribution in [1.82, 2.24) is 5.16 Å². The van der Waals surface area contributed by atoms with Crippen molar-refractivity contribution in [3.63, 3.8) is 0 Å². The number of nitrogens with two attached hydrogens (primary N) is 1. The average Bonchev–Trinajstić information content (AvgIpc) is 3.43. The third kappa shape index (κ3) is 5.03. The Labute approximate surface area is 186 Å². The maximum Gasteiger partial charge on any atom is 0.225 e. The largest absolute Gasteiger partial charge is 0.361 e. The normalized spacial score (nSPS) is 21.7. The monoisotopic (exact) mass is 423 g/mol. The number of aryl methyl sites for hydroxylation is 2. The minimum absolute atomic E-state index is 0.0191. The van der Waals surface area contributed by atoms with Crippen LogP contribution in [0.4, 0.5) is 5.69 Å². The summed E-state index contributed by atoms with van der Waals surface area (Å²) < 4.78 is 5.93. The number of carbonyl (C=O) groups is 1. The van der Waals surface area contributed by atoms with Crippen molar-refractivity contribution in [2.75, 3.05) is 11.9 Å². The first-order valence-electron chi connectivity index (χ1n) is 11.9. The van der Waals surface area contributed by atoms with Crippen LogP contribution in [0.15, 0.2) is 22.7 Å². The maximum absolute atomic E-state index is 12.8. The summed E-state index contributed by atoms with van der Waals surface area (Å²) in [6, 6.07) is 6.06. The lowest BCUT2D eigenvalue weighted by Crippen LogP contribution is -2.24. The van der Waals surface area contributed by atoms with Gasteiger partial charge in [-0.1, -0.05) is 36.7 Å². The predicted molar refractivity (Wildman–Crippen MR) is 124 cm³/mol. The number of hydrogen-bond donors (Lipinski definition) is 2. The summed E-state index contributed by atoms with van der Waals surface area (Å²) in [5.74, 6) is 3.54. The van der Waals surface area contributed by atoms with Crippen LogP contribution in [0.5, 0.6) is 0 Å². The van der Waals surface area contributed by atoms with Crippen LogP contribution in [-0.2, 0) is 4.79 Å². The van der Waals surface area contributed by atoms with E-state index in [-0.39, 0.29) is 11.8 Å². The first-order valence-corrected chi connectivity index (χ1v) is 11.9. The highest BCUT2D eigenvalue weighted by molar-refractivity contribution is 5.92. The summed E-state index contributed by atoms with van der Waals surface area (Å²) in [5.41, 5.74) is 11.5. The summed E-state index contributed by atoms with van der Waals surface area (Å²) in [5, 5.41) is 7.55. The minimum Gasteiger partial charge on any atom is -0.361 e. The lowest BCUT2D eigenvalue weighted by Gasteiger charge is -2.35. The van der Waals surface area contributed by atoms with Crippen LogP contribution in [-0.4, -0.2) is 17.6 Å². The van der Waals surface area contributed by atoms with Crippen molar-refractivity contribution in [2.45, 2.75) is 84.0 Å². The van der Waals surface area contributed by atoms with E-state index >= 15 is 0 Å². The quantitative estimate of drug-likeness (QED) is 0.536. The summed E-state index contributed by atoms with van der Waals surface area (Å²) in [7, 11) is 0. The van der Waals surface area contributed by atoms with Crippen LogP contribution >= 0.6 is 0 Å². The molecule has 2 fully saturated rings. The van der Waals surface area contributed by atoms with Gasteiger partial charge in [-0.25, -0.2) is 0 Å². The Hall–Kier alpha value is -2.14. The molecule has 168 valence electrons. The van der Waals surface area contributed by atoms with Crippen LogP contribution in [0.1, 0.15) is 98.3 Å². The van der Waals surface area contributed by atoms with E-state index < -0.39 is 0 Å². The fourth-order valence-corrected chi connectivity index (χ4v) is 5.17. The molecule has 31 heavy (non-hydrogen) atoms. The summed E-state index contributed by atoms with van der Waals surface area (Å²) >= 11 is 0. The van der Waals surface area contributed by atoms with E-state index in [4.69, 9.17) is 10.3 Å². The van der Waals surface area contributed by atoms with E-state index in [0.717, 1.165) is 34.5 Å². The SMILES string of the molecule is Cc1ccc(NC(=O)C[C@H](CN)c2noc(C3CC(CC(C)C)C3)c2C2CC2)c(C)c1. The van der Waals surface area contributed by atoms with Gasteiger partial charge in [0.05, 0.1) is 5.69 Å². The number of hydrogen-bond acceptors (Lipinski definition) is 4. The molecule has 0 unspecified atom stereocenters. The van der Waals surface area contributed by atoms with Crippen molar-refractivity contribution in [2.24, 2.45) is 17.6 Å². The second-order valence-electron chi connectivity index (χ2n) is 10.3. The van der Waals surface area contributed by atoms with Gasteiger partial charge in [0.1, 0.15) is 5.76 Å². The Morgan fingerprint density at radius 1 is 1.23 bits per heavy atom. The molecule has 5 nitrogen and oxygen atoms in total. The lowest BCUT2D eigenvalue weighted by atomic mass is 9.69. The molecule has 0 aliphatic heterocycles. The highest BCUT2D eigenvalue weighted by atomic mass is 16.5. The van der Waals surface area contributed by atoms with Crippen LogP contribution in [0, 0.1) is 25.7 Å². The Morgan fingerprint density at radius 3 is 2.58 bits per heavy atom. The zero-order chi connectivity index (χ0) is 22.1. The number of anilines is 1. The third-order valence-electron chi connectivity index (χ3n) is 6.94. The molecule has 2 aliphatic rings. The van der Waals surface area contributed by atoms with Gasteiger partial charge in [0.2, 0.25) is 5.91 Å². The van der Waals surface area contributed by atoms with Gasteiger partial charge in [-0.15, -0.1) is 0 Å². The van der Waals surface area contributed by atoms with Gasteiger partial charge in [-0.05, 0) is 75.3 Å². The Morgan fingerprint density at radius 2 is 1.97 bits per heavy atom.